The molecule has 0 amide bonds. The molecule has 0 atom stereocenters. The van der Waals surface area contributed by atoms with E-state index in [1.54, 1.807) is 0 Å². The third-order valence-electron chi connectivity index (χ3n) is 3.43. The van der Waals surface area contributed by atoms with Crippen molar-refractivity contribution in [3.05, 3.63) is 29.8 Å². The van der Waals surface area contributed by atoms with Crippen LogP contribution in [0.25, 0.3) is 0 Å². The average Bonchev–Trinajstić information content (AvgIpc) is 2.45. The van der Waals surface area contributed by atoms with Gasteiger partial charge in [-0.15, -0.1) is 0 Å². The molecule has 0 aliphatic rings. The van der Waals surface area contributed by atoms with E-state index in [-0.39, 0.29) is 0 Å². The van der Waals surface area contributed by atoms with E-state index >= 15 is 0 Å². The van der Waals surface area contributed by atoms with Gasteiger partial charge in [-0.05, 0) is 43.5 Å². The van der Waals surface area contributed by atoms with Gasteiger partial charge >= 0.3 is 8.56 Å². The number of benzene rings is 1. The van der Waals surface area contributed by atoms with E-state index in [2.05, 4.69) is 38.1 Å². The SMILES string of the molecule is CCCCc1ccc([Si](CC)(OCC)OCC)cc1. The summed E-state index contributed by atoms with van der Waals surface area (Å²) in [7, 11) is -2.20. The van der Waals surface area contributed by atoms with Crippen molar-refractivity contribution in [1.82, 2.24) is 0 Å². The normalized spacial score (nSPS) is 11.8. The molecule has 0 spiro atoms. The summed E-state index contributed by atoms with van der Waals surface area (Å²) in [5, 5.41) is 1.26. The summed E-state index contributed by atoms with van der Waals surface area (Å²) >= 11 is 0. The average molecular weight is 280 g/mol. The van der Waals surface area contributed by atoms with Gasteiger partial charge in [-0.25, -0.2) is 0 Å². The van der Waals surface area contributed by atoms with Crippen molar-refractivity contribution in [3.63, 3.8) is 0 Å². The Balaban J connectivity index is 2.89. The lowest BCUT2D eigenvalue weighted by molar-refractivity contribution is 0.197. The van der Waals surface area contributed by atoms with Crippen molar-refractivity contribution in [3.8, 4) is 0 Å². The molecule has 108 valence electrons. The van der Waals surface area contributed by atoms with E-state index in [1.807, 2.05) is 13.8 Å². The van der Waals surface area contributed by atoms with Crippen LogP contribution in [-0.2, 0) is 15.3 Å². The molecule has 1 aromatic rings. The van der Waals surface area contributed by atoms with E-state index in [1.165, 1.54) is 30.0 Å². The van der Waals surface area contributed by atoms with Crippen LogP contribution in [0.1, 0.15) is 46.1 Å². The predicted molar refractivity (Wildman–Crippen MR) is 84.2 cm³/mol. The topological polar surface area (TPSA) is 18.5 Å². The summed E-state index contributed by atoms with van der Waals surface area (Å²) in [5.74, 6) is 0. The van der Waals surface area contributed by atoms with Crippen molar-refractivity contribution in [2.24, 2.45) is 0 Å². The third kappa shape index (κ3) is 4.44. The molecule has 0 heterocycles. The molecule has 0 saturated carbocycles. The molecule has 0 saturated heterocycles. The first-order valence-electron chi connectivity index (χ1n) is 7.59. The molecule has 1 aromatic carbocycles. The smallest absolute Gasteiger partial charge is 0.372 e. The van der Waals surface area contributed by atoms with E-state index in [0.717, 1.165) is 19.3 Å². The highest BCUT2D eigenvalue weighted by molar-refractivity contribution is 6.81. The van der Waals surface area contributed by atoms with Gasteiger partial charge in [0.2, 0.25) is 0 Å². The Kier molecular flexibility index (Phi) is 7.35. The highest BCUT2D eigenvalue weighted by atomic mass is 28.4. The molecule has 0 unspecified atom stereocenters. The molecular weight excluding hydrogens is 252 g/mol. The number of rotatable bonds is 9. The minimum absolute atomic E-state index is 0.720. The molecule has 0 aliphatic heterocycles. The molecule has 19 heavy (non-hydrogen) atoms. The van der Waals surface area contributed by atoms with Gasteiger partial charge in [-0.3, -0.25) is 0 Å². The molecule has 2 nitrogen and oxygen atoms in total. The molecule has 3 heteroatoms. The fourth-order valence-corrected chi connectivity index (χ4v) is 5.23. The molecule has 0 N–H and O–H groups in total. The molecule has 1 rings (SSSR count). The summed E-state index contributed by atoms with van der Waals surface area (Å²) in [4.78, 5) is 0. The van der Waals surface area contributed by atoms with Gasteiger partial charge in [-0.1, -0.05) is 44.5 Å². The summed E-state index contributed by atoms with van der Waals surface area (Å²) < 4.78 is 12.1. The van der Waals surface area contributed by atoms with Gasteiger partial charge in [-0.2, -0.15) is 0 Å². The first kappa shape index (κ1) is 16.4. The van der Waals surface area contributed by atoms with Crippen molar-refractivity contribution < 1.29 is 8.85 Å². The Labute approximate surface area is 119 Å². The maximum atomic E-state index is 6.04. The van der Waals surface area contributed by atoms with E-state index in [4.69, 9.17) is 8.85 Å². The second kappa shape index (κ2) is 8.51. The summed E-state index contributed by atoms with van der Waals surface area (Å²) in [6, 6.07) is 9.86. The minimum atomic E-state index is -2.20. The lowest BCUT2D eigenvalue weighted by Gasteiger charge is -2.29. The Morgan fingerprint density at radius 2 is 1.47 bits per heavy atom. The molecule has 0 bridgehead atoms. The maximum absolute atomic E-state index is 6.04. The highest BCUT2D eigenvalue weighted by Crippen LogP contribution is 2.15. The summed E-state index contributed by atoms with van der Waals surface area (Å²) in [6.07, 6.45) is 3.67. The van der Waals surface area contributed by atoms with Crippen molar-refractivity contribution >= 4 is 13.7 Å². The number of unbranched alkanes of at least 4 members (excludes halogenated alkanes) is 1. The Bertz CT molecular complexity index is 342. The summed E-state index contributed by atoms with van der Waals surface area (Å²) in [6.45, 7) is 9.93. The molecular formula is C16H28O2Si. The zero-order chi connectivity index (χ0) is 14.1. The van der Waals surface area contributed by atoms with Crippen LogP contribution >= 0.6 is 0 Å². The van der Waals surface area contributed by atoms with Crippen molar-refractivity contribution in [2.75, 3.05) is 13.2 Å². The minimum Gasteiger partial charge on any atom is -0.391 e. The van der Waals surface area contributed by atoms with Crippen molar-refractivity contribution in [1.29, 1.82) is 0 Å². The van der Waals surface area contributed by atoms with Crippen molar-refractivity contribution in [2.45, 2.75) is 53.0 Å². The van der Waals surface area contributed by atoms with Crippen LogP contribution in [0.2, 0.25) is 6.04 Å². The zero-order valence-electron chi connectivity index (χ0n) is 12.9. The predicted octanol–water partition coefficient (Wildman–Crippen LogP) is 3.77. The van der Waals surface area contributed by atoms with E-state index in [9.17, 15) is 0 Å². The Morgan fingerprint density at radius 1 is 0.895 bits per heavy atom. The Hall–Kier alpha value is -0.643. The monoisotopic (exact) mass is 280 g/mol. The first-order chi connectivity index (χ1) is 9.22. The number of hydrogen-bond acceptors (Lipinski definition) is 2. The standard InChI is InChI=1S/C16H28O2Si/c1-5-9-10-15-11-13-16(14-12-15)19(8-4,17-6-2)18-7-3/h11-14H,5-10H2,1-4H3. The van der Waals surface area contributed by atoms with Gasteiger partial charge < -0.3 is 8.85 Å². The second-order valence-corrected chi connectivity index (χ2v) is 8.14. The Morgan fingerprint density at radius 3 is 1.89 bits per heavy atom. The molecule has 0 fully saturated rings. The van der Waals surface area contributed by atoms with Crippen LogP contribution in [-0.4, -0.2) is 21.8 Å². The van der Waals surface area contributed by atoms with Gasteiger partial charge in [0.1, 0.15) is 0 Å². The highest BCUT2D eigenvalue weighted by Gasteiger charge is 2.37. The van der Waals surface area contributed by atoms with Gasteiger partial charge in [0.15, 0.2) is 0 Å². The van der Waals surface area contributed by atoms with Crippen LogP contribution in [0.4, 0.5) is 0 Å². The first-order valence-corrected chi connectivity index (χ1v) is 9.62. The van der Waals surface area contributed by atoms with Crippen LogP contribution in [0, 0.1) is 0 Å². The number of hydrogen-bond donors (Lipinski definition) is 0. The van der Waals surface area contributed by atoms with Crippen LogP contribution < -0.4 is 5.19 Å². The van der Waals surface area contributed by atoms with Crippen LogP contribution in [0.5, 0.6) is 0 Å². The van der Waals surface area contributed by atoms with Crippen LogP contribution in [0.15, 0.2) is 24.3 Å². The quantitative estimate of drug-likeness (QED) is 0.641. The number of aryl methyl sites for hydroxylation is 1. The lowest BCUT2D eigenvalue weighted by atomic mass is 10.1. The fraction of sp³-hybridized carbons (Fsp3) is 0.625. The maximum Gasteiger partial charge on any atom is 0.372 e. The second-order valence-electron chi connectivity index (χ2n) is 4.77. The molecule has 0 aromatic heterocycles. The van der Waals surface area contributed by atoms with Gasteiger partial charge in [0.05, 0.1) is 0 Å². The molecule has 0 radical (unpaired) electrons. The van der Waals surface area contributed by atoms with Crippen LogP contribution in [0.3, 0.4) is 0 Å². The fourth-order valence-electron chi connectivity index (χ4n) is 2.39. The lowest BCUT2D eigenvalue weighted by Crippen LogP contribution is -2.53. The molecule has 0 aliphatic carbocycles. The van der Waals surface area contributed by atoms with E-state index in [0.29, 0.717) is 0 Å². The van der Waals surface area contributed by atoms with E-state index < -0.39 is 8.56 Å². The largest absolute Gasteiger partial charge is 0.391 e. The zero-order valence-corrected chi connectivity index (χ0v) is 13.9. The summed E-state index contributed by atoms with van der Waals surface area (Å²) in [5.41, 5.74) is 1.41. The van der Waals surface area contributed by atoms with Gasteiger partial charge in [0.25, 0.3) is 0 Å². The van der Waals surface area contributed by atoms with Gasteiger partial charge in [0, 0.05) is 13.2 Å². The third-order valence-corrected chi connectivity index (χ3v) is 7.09.